The van der Waals surface area contributed by atoms with E-state index in [0.717, 1.165) is 41.4 Å². The molecule has 10 fully saturated rings. The van der Waals surface area contributed by atoms with Gasteiger partial charge in [0.05, 0.1) is 17.7 Å². The van der Waals surface area contributed by atoms with Crippen LogP contribution in [-0.4, -0.2) is 49.0 Å². The van der Waals surface area contributed by atoms with Crippen molar-refractivity contribution in [1.82, 2.24) is 4.90 Å². The van der Waals surface area contributed by atoms with Crippen LogP contribution in [-0.2, 0) is 4.74 Å². The van der Waals surface area contributed by atoms with Gasteiger partial charge in [-0.3, -0.25) is 4.99 Å². The lowest BCUT2D eigenvalue weighted by atomic mass is 9.38. The molecule has 0 radical (unpaired) electrons. The van der Waals surface area contributed by atoms with Crippen LogP contribution in [0.2, 0.25) is 0 Å². The molecule has 15 rings (SSSR count). The highest BCUT2D eigenvalue weighted by atomic mass is 16.5. The van der Waals surface area contributed by atoms with Gasteiger partial charge in [0.1, 0.15) is 0 Å². The average molecular weight is 591 g/mol. The van der Waals surface area contributed by atoms with E-state index in [1.54, 1.807) is 0 Å². The van der Waals surface area contributed by atoms with E-state index in [2.05, 4.69) is 38.1 Å². The molecule has 44 heavy (non-hydrogen) atoms. The summed E-state index contributed by atoms with van der Waals surface area (Å²) < 4.78 is 8.16. The van der Waals surface area contributed by atoms with Crippen LogP contribution in [0.1, 0.15) is 110 Å². The number of aliphatic imine (C=N–C) groups is 1. The van der Waals surface area contributed by atoms with Gasteiger partial charge in [0.25, 0.3) is 0 Å². The van der Waals surface area contributed by atoms with Gasteiger partial charge in [0, 0.05) is 46.4 Å². The lowest BCUT2D eigenvalue weighted by Gasteiger charge is -2.69. The third kappa shape index (κ3) is 2.28. The minimum atomic E-state index is 0.186. The number of nitrogens with zero attached hydrogens (tertiary/aromatic N) is 2. The van der Waals surface area contributed by atoms with Crippen molar-refractivity contribution >= 4 is 6.21 Å². The molecule has 16 atom stereocenters. The van der Waals surface area contributed by atoms with Crippen LogP contribution in [0.4, 0.5) is 0 Å². The summed E-state index contributed by atoms with van der Waals surface area (Å²) in [7, 11) is 2.38. The maximum atomic E-state index is 8.16. The fourth-order valence-corrected chi connectivity index (χ4v) is 19.0. The summed E-state index contributed by atoms with van der Waals surface area (Å²) >= 11 is 0. The van der Waals surface area contributed by atoms with E-state index >= 15 is 0 Å². The molecule has 0 aromatic carbocycles. The summed E-state index contributed by atoms with van der Waals surface area (Å²) in [5.74, 6) is 6.19. The molecule has 12 aliphatic carbocycles. The van der Waals surface area contributed by atoms with Crippen molar-refractivity contribution in [2.75, 3.05) is 20.1 Å². The van der Waals surface area contributed by atoms with Crippen LogP contribution in [0, 0.1) is 73.9 Å². The highest BCUT2D eigenvalue weighted by Crippen LogP contribution is 2.88. The molecule has 2 saturated heterocycles. The Balaban J connectivity index is 0.896. The SMILES string of the molecule is CN1C[C@H]2CC3=C(CC[C@@]45CC6[C@@H](C=C34)[C@]63CC[C@@]4(C[C@]67CC[C@H]8[C@]9%10CCC[C@@]8(C)C=NC9C6C[C@H]4C[C@H]7%10)O[C@@H]53)[C@@](C)(C2)C1. The Morgan fingerprint density at radius 3 is 2.82 bits per heavy atom. The van der Waals surface area contributed by atoms with Gasteiger partial charge in [0.15, 0.2) is 0 Å². The standard InChI is InChI=1S/C41H54N2O/c1-35-7-4-8-41-31(35)6-10-38-20-39(24(15-32(38)41)14-29(38)33(41)42-21-35)11-12-40-28-16-27-25-13-23-17-36(2,22-43(3)19-23)26(25)5-9-37(27,18-30(28)40)34(40)44-39/h16,21,23-24,28-34H,4-15,17-20,22H2,1-3H3/t23-,24-,28+,29?,30?,31+,32+,33?,34-,35-,36-,37+,38+,39-,40+,41-/m0/s1. The Labute approximate surface area is 265 Å². The third-order valence-electron chi connectivity index (χ3n) is 19.7. The van der Waals surface area contributed by atoms with Gasteiger partial charge in [0.2, 0.25) is 0 Å². The van der Waals surface area contributed by atoms with Crippen molar-refractivity contribution in [3.63, 3.8) is 0 Å². The number of hydrogen-bond acceptors (Lipinski definition) is 3. The number of ether oxygens (including phenoxy) is 1. The number of fused-ring (bicyclic) bond motifs is 3. The van der Waals surface area contributed by atoms with E-state index in [9.17, 15) is 0 Å². The molecular formula is C41H54N2O. The van der Waals surface area contributed by atoms with Crippen molar-refractivity contribution < 1.29 is 4.74 Å². The predicted octanol–water partition coefficient (Wildman–Crippen LogP) is 8.00. The zero-order chi connectivity index (χ0) is 28.9. The summed E-state index contributed by atoms with van der Waals surface area (Å²) in [4.78, 5) is 8.27. The van der Waals surface area contributed by atoms with E-state index in [1.807, 2.05) is 16.7 Å². The van der Waals surface area contributed by atoms with E-state index in [-0.39, 0.29) is 5.60 Å². The quantitative estimate of drug-likeness (QED) is 0.286. The normalized spacial score (nSPS) is 67.4. The van der Waals surface area contributed by atoms with Crippen molar-refractivity contribution in [2.24, 2.45) is 78.9 Å². The molecule has 234 valence electrons. The Kier molecular flexibility index (Phi) is 3.97. The minimum Gasteiger partial charge on any atom is -0.370 e. The topological polar surface area (TPSA) is 24.8 Å². The van der Waals surface area contributed by atoms with Crippen molar-refractivity contribution in [1.29, 1.82) is 0 Å². The zero-order valence-corrected chi connectivity index (χ0v) is 27.7. The maximum absolute atomic E-state index is 8.16. The van der Waals surface area contributed by atoms with Gasteiger partial charge in [-0.25, -0.2) is 0 Å². The summed E-state index contributed by atoms with van der Waals surface area (Å²) in [6, 6.07) is 0.656. The Hall–Kier alpha value is -0.930. The first kappa shape index (κ1) is 25.1. The van der Waals surface area contributed by atoms with Gasteiger partial charge >= 0.3 is 0 Å². The zero-order valence-electron chi connectivity index (χ0n) is 27.7. The van der Waals surface area contributed by atoms with E-state index in [0.29, 0.717) is 44.6 Å². The maximum Gasteiger partial charge on any atom is 0.0744 e. The fourth-order valence-electron chi connectivity index (χ4n) is 19.0. The van der Waals surface area contributed by atoms with Crippen LogP contribution < -0.4 is 0 Å². The van der Waals surface area contributed by atoms with Crippen LogP contribution >= 0.6 is 0 Å². The molecular weight excluding hydrogens is 536 g/mol. The molecule has 8 saturated carbocycles. The number of hydrogen-bond donors (Lipinski definition) is 0. The van der Waals surface area contributed by atoms with Gasteiger partial charge in [-0.15, -0.1) is 0 Å². The second kappa shape index (κ2) is 6.95. The molecule has 15 aliphatic rings. The monoisotopic (exact) mass is 590 g/mol. The fraction of sp³-hybridized carbons (Fsp3) is 0.878. The van der Waals surface area contributed by atoms with Gasteiger partial charge in [-0.05, 0) is 155 Å². The highest BCUT2D eigenvalue weighted by molar-refractivity contribution is 5.69. The molecule has 12 bridgehead atoms. The van der Waals surface area contributed by atoms with Crippen molar-refractivity contribution in [2.45, 2.75) is 128 Å². The van der Waals surface area contributed by atoms with Crippen LogP contribution in [0.5, 0.6) is 0 Å². The lowest BCUT2D eigenvalue weighted by Crippen LogP contribution is -2.66. The largest absolute Gasteiger partial charge is 0.370 e. The Bertz CT molecular complexity index is 1560. The molecule has 3 unspecified atom stereocenters. The molecule has 3 heteroatoms. The van der Waals surface area contributed by atoms with Crippen LogP contribution in [0.15, 0.2) is 27.8 Å². The number of piperidine rings is 1. The molecule has 0 aromatic heterocycles. The molecule has 5 spiro atoms. The second-order valence-electron chi connectivity index (χ2n) is 20.8. The molecule has 0 amide bonds. The molecule has 3 heterocycles. The van der Waals surface area contributed by atoms with E-state index < -0.39 is 0 Å². The molecule has 3 nitrogen and oxygen atoms in total. The first-order valence-corrected chi connectivity index (χ1v) is 19.6. The van der Waals surface area contributed by atoms with Crippen molar-refractivity contribution in [3.8, 4) is 0 Å². The van der Waals surface area contributed by atoms with Crippen LogP contribution in [0.3, 0.4) is 0 Å². The summed E-state index contributed by atoms with van der Waals surface area (Å²) in [6.07, 6.45) is 27.6. The van der Waals surface area contributed by atoms with Crippen molar-refractivity contribution in [3.05, 3.63) is 22.8 Å². The summed E-state index contributed by atoms with van der Waals surface area (Å²) in [5, 5.41) is 0. The van der Waals surface area contributed by atoms with Gasteiger partial charge in [-0.2, -0.15) is 0 Å². The van der Waals surface area contributed by atoms with E-state index in [4.69, 9.17) is 9.73 Å². The Morgan fingerprint density at radius 2 is 1.89 bits per heavy atom. The molecule has 0 N–H and O–H groups in total. The highest BCUT2D eigenvalue weighted by Gasteiger charge is 2.86. The average Bonchev–Trinajstić information content (AvgIpc) is 3.52. The summed E-state index contributed by atoms with van der Waals surface area (Å²) in [6.45, 7) is 7.83. The van der Waals surface area contributed by atoms with Gasteiger partial charge in [-0.1, -0.05) is 31.9 Å². The number of allylic oxidation sites excluding steroid dienone is 2. The Morgan fingerprint density at radius 1 is 0.955 bits per heavy atom. The second-order valence-corrected chi connectivity index (χ2v) is 20.8. The van der Waals surface area contributed by atoms with Gasteiger partial charge < -0.3 is 9.64 Å². The van der Waals surface area contributed by atoms with Crippen LogP contribution in [0.25, 0.3) is 0 Å². The first-order valence-electron chi connectivity index (χ1n) is 19.6. The smallest absolute Gasteiger partial charge is 0.0744 e. The third-order valence-corrected chi connectivity index (χ3v) is 19.7. The lowest BCUT2D eigenvalue weighted by molar-refractivity contribution is -0.283. The molecule has 3 aliphatic heterocycles. The molecule has 0 aromatic rings. The minimum absolute atomic E-state index is 0.186. The number of likely N-dealkylation sites (tertiary alicyclic amines) is 1. The summed E-state index contributed by atoms with van der Waals surface area (Å²) in [5.41, 5.74) is 8.61. The van der Waals surface area contributed by atoms with E-state index in [1.165, 1.54) is 109 Å². The first-order chi connectivity index (χ1) is 21.2. The predicted molar refractivity (Wildman–Crippen MR) is 172 cm³/mol. The number of rotatable bonds is 0.